The van der Waals surface area contributed by atoms with E-state index in [4.69, 9.17) is 4.74 Å². The molecule has 1 N–H and O–H groups in total. The Balaban J connectivity index is 2.42. The molecule has 1 unspecified atom stereocenters. The van der Waals surface area contributed by atoms with Crippen LogP contribution in [-0.4, -0.2) is 43.1 Å². The van der Waals surface area contributed by atoms with Crippen molar-refractivity contribution in [3.05, 3.63) is 29.8 Å². The largest absolute Gasteiger partial charge is 0.483 e. The number of hydrogen-bond donors (Lipinski definition) is 1. The predicted octanol–water partition coefficient (Wildman–Crippen LogP) is 3.43. The van der Waals surface area contributed by atoms with E-state index in [2.05, 4.69) is 50.9 Å². The van der Waals surface area contributed by atoms with Gasteiger partial charge >= 0.3 is 0 Å². The van der Waals surface area contributed by atoms with Crippen molar-refractivity contribution in [2.75, 3.05) is 26.2 Å². The zero-order valence-corrected chi connectivity index (χ0v) is 15.3. The first-order valence-corrected chi connectivity index (χ1v) is 8.72. The summed E-state index contributed by atoms with van der Waals surface area (Å²) in [5.41, 5.74) is 1.17. The highest BCUT2D eigenvalue weighted by Gasteiger charge is 2.11. The number of hydrogen-bond acceptors (Lipinski definition) is 3. The molecule has 23 heavy (non-hydrogen) atoms. The number of carbonyl (C=O) groups excluding carboxylic acids is 1. The van der Waals surface area contributed by atoms with Gasteiger partial charge in [-0.25, -0.2) is 0 Å². The van der Waals surface area contributed by atoms with Crippen LogP contribution in [0.1, 0.15) is 52.5 Å². The average molecular weight is 320 g/mol. The molecule has 4 nitrogen and oxygen atoms in total. The summed E-state index contributed by atoms with van der Waals surface area (Å²) in [6.07, 6.45) is 1.05. The van der Waals surface area contributed by atoms with Crippen LogP contribution in [0.3, 0.4) is 0 Å². The number of rotatable bonds is 10. The van der Waals surface area contributed by atoms with Gasteiger partial charge in [0.15, 0.2) is 6.61 Å². The highest BCUT2D eigenvalue weighted by molar-refractivity contribution is 5.77. The zero-order valence-electron chi connectivity index (χ0n) is 15.3. The van der Waals surface area contributed by atoms with Gasteiger partial charge in [-0.05, 0) is 44.4 Å². The predicted molar refractivity (Wildman–Crippen MR) is 96.0 cm³/mol. The maximum atomic E-state index is 12.0. The molecule has 0 spiro atoms. The van der Waals surface area contributed by atoms with E-state index in [1.54, 1.807) is 0 Å². The molecule has 0 radical (unpaired) electrons. The number of nitrogens with one attached hydrogen (secondary N) is 1. The summed E-state index contributed by atoms with van der Waals surface area (Å²) >= 11 is 0. The summed E-state index contributed by atoms with van der Waals surface area (Å²) in [5.74, 6) is 1.18. The van der Waals surface area contributed by atoms with Crippen LogP contribution in [0.5, 0.6) is 5.75 Å². The fourth-order valence-electron chi connectivity index (χ4n) is 2.55. The molecule has 0 fully saturated rings. The van der Waals surface area contributed by atoms with Crippen LogP contribution in [-0.2, 0) is 4.79 Å². The molecule has 0 bridgehead atoms. The van der Waals surface area contributed by atoms with Crippen LogP contribution in [0.15, 0.2) is 24.3 Å². The minimum atomic E-state index is -0.0660. The maximum absolute atomic E-state index is 12.0. The molecule has 1 rings (SSSR count). The topological polar surface area (TPSA) is 41.6 Å². The molecule has 0 aliphatic rings. The lowest BCUT2D eigenvalue weighted by molar-refractivity contribution is -0.123. The summed E-state index contributed by atoms with van der Waals surface area (Å²) in [4.78, 5) is 14.3. The molecule has 1 amide bonds. The highest BCUT2D eigenvalue weighted by atomic mass is 16.5. The van der Waals surface area contributed by atoms with Crippen LogP contribution >= 0.6 is 0 Å². The van der Waals surface area contributed by atoms with Gasteiger partial charge in [0.1, 0.15) is 5.75 Å². The lowest BCUT2D eigenvalue weighted by Crippen LogP contribution is -2.39. The fraction of sp³-hybridized carbons (Fsp3) is 0.632. The first-order valence-electron chi connectivity index (χ1n) is 8.72. The Bertz CT molecular complexity index is 474. The summed E-state index contributed by atoms with van der Waals surface area (Å²) in [6, 6.07) is 8.46. The number of likely N-dealkylation sites (N-methyl/N-ethyl adjacent to an activating group) is 1. The summed E-state index contributed by atoms with van der Waals surface area (Å²) in [5, 5.41) is 2.93. The second kappa shape index (κ2) is 10.3. The number of amides is 1. The number of ether oxygens (including phenoxy) is 1. The summed E-state index contributed by atoms with van der Waals surface area (Å²) in [7, 11) is 0. The van der Waals surface area contributed by atoms with Crippen molar-refractivity contribution in [3.63, 3.8) is 0 Å². The minimum Gasteiger partial charge on any atom is -0.483 e. The van der Waals surface area contributed by atoms with E-state index >= 15 is 0 Å². The van der Waals surface area contributed by atoms with Gasteiger partial charge in [0.05, 0.1) is 0 Å². The van der Waals surface area contributed by atoms with Crippen molar-refractivity contribution < 1.29 is 9.53 Å². The van der Waals surface area contributed by atoms with Gasteiger partial charge in [-0.3, -0.25) is 9.69 Å². The Morgan fingerprint density at radius 3 is 2.52 bits per heavy atom. The van der Waals surface area contributed by atoms with E-state index in [0.717, 1.165) is 25.3 Å². The maximum Gasteiger partial charge on any atom is 0.257 e. The van der Waals surface area contributed by atoms with E-state index in [1.165, 1.54) is 5.56 Å². The summed E-state index contributed by atoms with van der Waals surface area (Å²) in [6.45, 7) is 13.4. The molecular weight excluding hydrogens is 288 g/mol. The molecule has 4 heteroatoms. The van der Waals surface area contributed by atoms with E-state index in [9.17, 15) is 4.79 Å². The Hall–Kier alpha value is -1.55. The van der Waals surface area contributed by atoms with Crippen molar-refractivity contribution in [3.8, 4) is 5.75 Å². The van der Waals surface area contributed by atoms with E-state index < -0.39 is 0 Å². The normalized spacial score (nSPS) is 12.5. The van der Waals surface area contributed by atoms with Gasteiger partial charge in [-0.1, -0.05) is 39.0 Å². The number of benzene rings is 1. The quantitative estimate of drug-likeness (QED) is 0.718. The van der Waals surface area contributed by atoms with E-state index in [1.807, 2.05) is 18.2 Å². The van der Waals surface area contributed by atoms with E-state index in [0.29, 0.717) is 18.5 Å². The Labute approximate surface area is 141 Å². The Morgan fingerprint density at radius 1 is 1.22 bits per heavy atom. The lowest BCUT2D eigenvalue weighted by Gasteiger charge is -2.24. The molecule has 1 aromatic rings. The van der Waals surface area contributed by atoms with Crippen LogP contribution in [0.4, 0.5) is 0 Å². The van der Waals surface area contributed by atoms with Gasteiger partial charge in [-0.15, -0.1) is 0 Å². The molecule has 0 saturated carbocycles. The van der Waals surface area contributed by atoms with Gasteiger partial charge in [0, 0.05) is 19.1 Å². The first kappa shape index (κ1) is 19.5. The molecule has 0 aliphatic heterocycles. The number of nitrogens with zero attached hydrogens (tertiary/aromatic N) is 1. The van der Waals surface area contributed by atoms with Crippen molar-refractivity contribution >= 4 is 5.91 Å². The summed E-state index contributed by atoms with van der Waals surface area (Å²) < 4.78 is 5.73. The fourth-order valence-corrected chi connectivity index (χ4v) is 2.55. The SMILES string of the molecule is CCC(C)c1ccccc1OCC(=O)NCCN(CC)C(C)C. The van der Waals surface area contributed by atoms with Crippen molar-refractivity contribution in [2.24, 2.45) is 0 Å². The van der Waals surface area contributed by atoms with Crippen molar-refractivity contribution in [1.29, 1.82) is 0 Å². The smallest absolute Gasteiger partial charge is 0.257 e. The van der Waals surface area contributed by atoms with Gasteiger partial charge in [0.25, 0.3) is 5.91 Å². The molecule has 1 atom stereocenters. The molecule has 0 aliphatic carbocycles. The second-order valence-corrected chi connectivity index (χ2v) is 6.21. The van der Waals surface area contributed by atoms with Crippen molar-refractivity contribution in [1.82, 2.24) is 10.2 Å². The zero-order chi connectivity index (χ0) is 17.2. The van der Waals surface area contributed by atoms with Gasteiger partial charge in [0.2, 0.25) is 0 Å². The molecule has 0 saturated heterocycles. The Morgan fingerprint density at radius 2 is 1.91 bits per heavy atom. The standard InChI is InChI=1S/C19H32N2O2/c1-6-16(5)17-10-8-9-11-18(17)23-14-19(22)20-12-13-21(7-2)15(3)4/h8-11,15-16H,6-7,12-14H2,1-5H3,(H,20,22). The monoisotopic (exact) mass is 320 g/mol. The van der Waals surface area contributed by atoms with Gasteiger partial charge in [-0.2, -0.15) is 0 Å². The van der Waals surface area contributed by atoms with Crippen molar-refractivity contribution in [2.45, 2.75) is 53.0 Å². The van der Waals surface area contributed by atoms with Gasteiger partial charge < -0.3 is 10.1 Å². The third-order valence-corrected chi connectivity index (χ3v) is 4.28. The first-order chi connectivity index (χ1) is 11.0. The molecule has 0 aromatic heterocycles. The third-order valence-electron chi connectivity index (χ3n) is 4.28. The van der Waals surface area contributed by atoms with E-state index in [-0.39, 0.29) is 12.5 Å². The molecular formula is C19H32N2O2. The van der Waals surface area contributed by atoms with Crippen LogP contribution in [0.2, 0.25) is 0 Å². The average Bonchev–Trinajstić information content (AvgIpc) is 2.56. The van der Waals surface area contributed by atoms with Crippen LogP contribution < -0.4 is 10.1 Å². The third kappa shape index (κ3) is 6.61. The van der Waals surface area contributed by atoms with Crippen LogP contribution in [0, 0.1) is 0 Å². The molecule has 1 aromatic carbocycles. The number of carbonyl (C=O) groups is 1. The van der Waals surface area contributed by atoms with Crippen LogP contribution in [0.25, 0.3) is 0 Å². The Kier molecular flexibility index (Phi) is 8.70. The minimum absolute atomic E-state index is 0.0660. The molecule has 130 valence electrons. The molecule has 0 heterocycles. The number of para-hydroxylation sites is 1. The lowest BCUT2D eigenvalue weighted by atomic mass is 9.98. The second-order valence-electron chi connectivity index (χ2n) is 6.21. The highest BCUT2D eigenvalue weighted by Crippen LogP contribution is 2.28.